The van der Waals surface area contributed by atoms with Crippen LogP contribution in [0.3, 0.4) is 0 Å². The molecule has 0 radical (unpaired) electrons. The summed E-state index contributed by atoms with van der Waals surface area (Å²) in [6.45, 7) is 0.237. The average Bonchev–Trinajstić information content (AvgIpc) is 2.67. The summed E-state index contributed by atoms with van der Waals surface area (Å²) in [4.78, 5) is 22.7. The minimum atomic E-state index is -0.474. The predicted molar refractivity (Wildman–Crippen MR) is 101 cm³/mol. The quantitative estimate of drug-likeness (QED) is 0.512. The van der Waals surface area contributed by atoms with Crippen LogP contribution in [0.5, 0.6) is 17.2 Å². The third-order valence-electron chi connectivity index (χ3n) is 3.72. The van der Waals surface area contributed by atoms with E-state index in [1.54, 1.807) is 30.3 Å². The first-order chi connectivity index (χ1) is 13.0. The van der Waals surface area contributed by atoms with E-state index in [-0.39, 0.29) is 24.6 Å². The summed E-state index contributed by atoms with van der Waals surface area (Å²) >= 11 is 0. The van der Waals surface area contributed by atoms with Crippen LogP contribution in [0.1, 0.15) is 6.42 Å². The number of nitro groups is 1. The third kappa shape index (κ3) is 5.00. The van der Waals surface area contributed by atoms with Gasteiger partial charge in [0.15, 0.2) is 11.5 Å². The molecule has 9 heteroatoms. The van der Waals surface area contributed by atoms with E-state index in [0.717, 1.165) is 0 Å². The number of benzene rings is 2. The van der Waals surface area contributed by atoms with Crippen molar-refractivity contribution in [2.45, 2.75) is 6.42 Å². The molecule has 0 unspecified atom stereocenters. The van der Waals surface area contributed by atoms with Crippen molar-refractivity contribution in [3.8, 4) is 17.2 Å². The Kier molecular flexibility index (Phi) is 6.81. The number of nitrogens with zero attached hydrogens (tertiary/aromatic N) is 1. The zero-order valence-corrected chi connectivity index (χ0v) is 15.3. The molecular formula is C18H21N3O6. The number of para-hydroxylation sites is 2. The molecule has 0 bridgehead atoms. The van der Waals surface area contributed by atoms with E-state index in [2.05, 4.69) is 10.6 Å². The molecule has 2 N–H and O–H groups in total. The Morgan fingerprint density at radius 3 is 2.26 bits per heavy atom. The molecule has 144 valence electrons. The Bertz CT molecular complexity index is 799. The van der Waals surface area contributed by atoms with Crippen LogP contribution in [-0.2, 0) is 4.79 Å². The van der Waals surface area contributed by atoms with Crippen LogP contribution in [-0.4, -0.2) is 38.7 Å². The van der Waals surface area contributed by atoms with Crippen LogP contribution in [0.15, 0.2) is 36.4 Å². The number of nitrogens with one attached hydrogen (secondary N) is 2. The Hall–Kier alpha value is -3.49. The second-order valence-corrected chi connectivity index (χ2v) is 5.41. The van der Waals surface area contributed by atoms with Crippen molar-refractivity contribution in [1.29, 1.82) is 0 Å². The van der Waals surface area contributed by atoms with Crippen LogP contribution < -0.4 is 24.8 Å². The van der Waals surface area contributed by atoms with Crippen LogP contribution in [0.4, 0.5) is 17.1 Å². The number of hydrogen-bond donors (Lipinski definition) is 2. The molecule has 2 aromatic carbocycles. The zero-order valence-electron chi connectivity index (χ0n) is 15.3. The summed E-state index contributed by atoms with van der Waals surface area (Å²) in [6, 6.07) is 9.50. The molecule has 0 saturated heterocycles. The van der Waals surface area contributed by atoms with Gasteiger partial charge in [-0.3, -0.25) is 14.9 Å². The number of ether oxygens (including phenoxy) is 3. The number of rotatable bonds is 9. The smallest absolute Gasteiger partial charge is 0.292 e. The van der Waals surface area contributed by atoms with Gasteiger partial charge in [-0.15, -0.1) is 0 Å². The topological polar surface area (TPSA) is 112 Å². The first kappa shape index (κ1) is 19.8. The lowest BCUT2D eigenvalue weighted by atomic mass is 10.2. The Labute approximate surface area is 156 Å². The second-order valence-electron chi connectivity index (χ2n) is 5.41. The Balaban J connectivity index is 1.99. The van der Waals surface area contributed by atoms with Gasteiger partial charge in [0.2, 0.25) is 11.7 Å². The molecule has 0 atom stereocenters. The van der Waals surface area contributed by atoms with Crippen molar-refractivity contribution in [1.82, 2.24) is 0 Å². The Morgan fingerprint density at radius 2 is 1.70 bits per heavy atom. The van der Waals surface area contributed by atoms with Crippen molar-refractivity contribution in [3.63, 3.8) is 0 Å². The standard InChI is InChI=1S/C18H21N3O6/c1-25-15-10-12(11-16(26-2)18(15)27-3)20-17(22)8-9-19-13-6-4-5-7-14(13)21(23)24/h4-7,10-11,19H,8-9H2,1-3H3,(H,20,22). The van der Waals surface area contributed by atoms with E-state index >= 15 is 0 Å². The number of carbonyl (C=O) groups is 1. The van der Waals surface area contributed by atoms with E-state index in [1.807, 2.05) is 0 Å². The van der Waals surface area contributed by atoms with E-state index in [1.165, 1.54) is 27.4 Å². The highest BCUT2D eigenvalue weighted by molar-refractivity contribution is 5.91. The van der Waals surface area contributed by atoms with Gasteiger partial charge in [0.25, 0.3) is 5.69 Å². The van der Waals surface area contributed by atoms with Crippen molar-refractivity contribution >= 4 is 23.0 Å². The summed E-state index contributed by atoms with van der Waals surface area (Å²) in [5, 5.41) is 16.6. The molecule has 0 aliphatic carbocycles. The molecule has 0 spiro atoms. The van der Waals surface area contributed by atoms with Gasteiger partial charge in [-0.05, 0) is 6.07 Å². The van der Waals surface area contributed by atoms with Crippen molar-refractivity contribution in [3.05, 3.63) is 46.5 Å². The van der Waals surface area contributed by atoms with Gasteiger partial charge in [-0.25, -0.2) is 0 Å². The van der Waals surface area contributed by atoms with E-state index in [4.69, 9.17) is 14.2 Å². The van der Waals surface area contributed by atoms with Gasteiger partial charge in [0.05, 0.1) is 26.3 Å². The largest absolute Gasteiger partial charge is 0.493 e. The maximum Gasteiger partial charge on any atom is 0.292 e. The fraction of sp³-hybridized carbons (Fsp3) is 0.278. The fourth-order valence-corrected chi connectivity index (χ4v) is 2.47. The van der Waals surface area contributed by atoms with Gasteiger partial charge in [0, 0.05) is 36.9 Å². The molecule has 0 aliphatic heterocycles. The summed E-state index contributed by atoms with van der Waals surface area (Å²) in [5.74, 6) is 1.00. The Morgan fingerprint density at radius 1 is 1.07 bits per heavy atom. The highest BCUT2D eigenvalue weighted by Gasteiger charge is 2.15. The van der Waals surface area contributed by atoms with Crippen LogP contribution >= 0.6 is 0 Å². The molecule has 2 rings (SSSR count). The second kappa shape index (κ2) is 9.27. The van der Waals surface area contributed by atoms with Gasteiger partial charge in [0.1, 0.15) is 5.69 Å². The molecule has 0 fully saturated rings. The highest BCUT2D eigenvalue weighted by Crippen LogP contribution is 2.39. The van der Waals surface area contributed by atoms with Gasteiger partial charge in [-0.2, -0.15) is 0 Å². The monoisotopic (exact) mass is 375 g/mol. The summed E-state index contributed by atoms with van der Waals surface area (Å²) in [7, 11) is 4.46. The number of amides is 1. The lowest BCUT2D eigenvalue weighted by molar-refractivity contribution is -0.384. The SMILES string of the molecule is COc1cc(NC(=O)CCNc2ccccc2[N+](=O)[O-])cc(OC)c1OC. The normalized spacial score (nSPS) is 10.0. The zero-order chi connectivity index (χ0) is 19.8. The fourth-order valence-electron chi connectivity index (χ4n) is 2.47. The highest BCUT2D eigenvalue weighted by atomic mass is 16.6. The minimum absolute atomic E-state index is 0.0393. The molecule has 27 heavy (non-hydrogen) atoms. The number of methoxy groups -OCH3 is 3. The lowest BCUT2D eigenvalue weighted by Crippen LogP contribution is -2.16. The minimum Gasteiger partial charge on any atom is -0.493 e. The van der Waals surface area contributed by atoms with E-state index < -0.39 is 4.92 Å². The lowest BCUT2D eigenvalue weighted by Gasteiger charge is -2.14. The van der Waals surface area contributed by atoms with Crippen molar-refractivity contribution in [2.75, 3.05) is 38.5 Å². The van der Waals surface area contributed by atoms with E-state index in [0.29, 0.717) is 28.6 Å². The molecule has 0 heterocycles. The van der Waals surface area contributed by atoms with Crippen LogP contribution in [0, 0.1) is 10.1 Å². The van der Waals surface area contributed by atoms with Gasteiger partial charge in [-0.1, -0.05) is 12.1 Å². The van der Waals surface area contributed by atoms with E-state index in [9.17, 15) is 14.9 Å². The first-order valence-electron chi connectivity index (χ1n) is 8.07. The molecule has 9 nitrogen and oxygen atoms in total. The van der Waals surface area contributed by atoms with Crippen LogP contribution in [0.2, 0.25) is 0 Å². The molecule has 2 aromatic rings. The maximum atomic E-state index is 12.2. The third-order valence-corrected chi connectivity index (χ3v) is 3.72. The number of carbonyl (C=O) groups excluding carboxylic acids is 1. The van der Waals surface area contributed by atoms with Crippen LogP contribution in [0.25, 0.3) is 0 Å². The predicted octanol–water partition coefficient (Wildman–Crippen LogP) is 3.06. The number of anilines is 2. The summed E-state index contributed by atoms with van der Waals surface area (Å²) < 4.78 is 15.7. The maximum absolute atomic E-state index is 12.2. The summed E-state index contributed by atoms with van der Waals surface area (Å²) in [6.07, 6.45) is 0.114. The number of nitro benzene ring substituents is 1. The first-order valence-corrected chi connectivity index (χ1v) is 8.07. The molecule has 0 aliphatic rings. The molecular weight excluding hydrogens is 354 g/mol. The van der Waals surface area contributed by atoms with Gasteiger partial charge < -0.3 is 24.8 Å². The molecule has 0 saturated carbocycles. The molecule has 1 amide bonds. The average molecular weight is 375 g/mol. The van der Waals surface area contributed by atoms with Crippen molar-refractivity contribution < 1.29 is 23.9 Å². The van der Waals surface area contributed by atoms with Gasteiger partial charge >= 0.3 is 0 Å². The number of hydrogen-bond acceptors (Lipinski definition) is 7. The molecule has 0 aromatic heterocycles. The van der Waals surface area contributed by atoms with Crippen molar-refractivity contribution in [2.24, 2.45) is 0 Å². The summed E-state index contributed by atoms with van der Waals surface area (Å²) in [5.41, 5.74) is 0.811.